The molecule has 1 aromatic carbocycles. The zero-order valence-corrected chi connectivity index (χ0v) is 13.0. The molecule has 0 saturated carbocycles. The minimum Gasteiger partial charge on any atom is -0.313 e. The lowest BCUT2D eigenvalue weighted by atomic mass is 10.0. The number of aryl methyl sites for hydroxylation is 1. The summed E-state index contributed by atoms with van der Waals surface area (Å²) in [5.41, 5.74) is 3.39. The molecule has 0 aliphatic carbocycles. The maximum absolute atomic E-state index is 6.22. The Labute approximate surface area is 127 Å². The summed E-state index contributed by atoms with van der Waals surface area (Å²) in [4.78, 5) is 5.67. The zero-order valence-electron chi connectivity index (χ0n) is 11.4. The Bertz CT molecular complexity index is 703. The predicted molar refractivity (Wildman–Crippen MR) is 84.8 cm³/mol. The molecule has 0 aliphatic rings. The fraction of sp³-hybridized carbons (Fsp3) is 0.267. The fourth-order valence-electron chi connectivity index (χ4n) is 2.30. The van der Waals surface area contributed by atoms with Crippen LogP contribution in [0.2, 0.25) is 5.02 Å². The van der Waals surface area contributed by atoms with Crippen molar-refractivity contribution in [2.75, 3.05) is 7.05 Å². The van der Waals surface area contributed by atoms with Gasteiger partial charge in [-0.1, -0.05) is 23.7 Å². The Balaban J connectivity index is 1.85. The molecule has 2 heterocycles. The number of halogens is 1. The molecule has 0 fully saturated rings. The number of imidazole rings is 1. The summed E-state index contributed by atoms with van der Waals surface area (Å²) in [6.07, 6.45) is 4.98. The molecule has 3 nitrogen and oxygen atoms in total. The maximum atomic E-state index is 6.22. The van der Waals surface area contributed by atoms with Crippen LogP contribution in [0.25, 0.3) is 4.96 Å². The van der Waals surface area contributed by atoms with E-state index in [1.54, 1.807) is 11.3 Å². The van der Waals surface area contributed by atoms with Crippen LogP contribution in [-0.2, 0) is 6.42 Å². The summed E-state index contributed by atoms with van der Waals surface area (Å²) in [5.74, 6) is 0. The quantitative estimate of drug-likeness (QED) is 0.793. The van der Waals surface area contributed by atoms with E-state index in [-0.39, 0.29) is 6.04 Å². The molecule has 1 atom stereocenters. The third kappa shape index (κ3) is 2.59. The van der Waals surface area contributed by atoms with Gasteiger partial charge in [0, 0.05) is 35.3 Å². The minimum absolute atomic E-state index is 0.220. The summed E-state index contributed by atoms with van der Waals surface area (Å²) in [6.45, 7) is 2.02. The van der Waals surface area contributed by atoms with Gasteiger partial charge in [-0.25, -0.2) is 4.98 Å². The van der Waals surface area contributed by atoms with Crippen molar-refractivity contribution in [1.29, 1.82) is 0 Å². The number of hydrogen-bond donors (Lipinski definition) is 1. The highest BCUT2D eigenvalue weighted by atomic mass is 35.5. The van der Waals surface area contributed by atoms with Crippen molar-refractivity contribution in [3.8, 4) is 0 Å². The number of nitrogens with zero attached hydrogens (tertiary/aromatic N) is 2. The summed E-state index contributed by atoms with van der Waals surface area (Å²) in [5, 5.41) is 6.20. The Morgan fingerprint density at radius 1 is 1.45 bits per heavy atom. The zero-order chi connectivity index (χ0) is 14.1. The number of thiazole rings is 1. The lowest BCUT2D eigenvalue weighted by Gasteiger charge is -2.16. The standard InChI is InChI=1S/C15H16ClN3S/c1-10-3-4-11(7-13(10)16)14(17-2)8-12-9-19-5-6-20-15(19)18-12/h3-7,9,14,17H,8H2,1-2H3. The number of benzene rings is 1. The molecule has 0 radical (unpaired) electrons. The third-order valence-corrected chi connectivity index (χ3v) is 4.68. The second kappa shape index (κ2) is 5.56. The molecule has 20 heavy (non-hydrogen) atoms. The van der Waals surface area contributed by atoms with Crippen molar-refractivity contribution in [2.45, 2.75) is 19.4 Å². The van der Waals surface area contributed by atoms with Gasteiger partial charge in [0.15, 0.2) is 4.96 Å². The molecule has 0 amide bonds. The Morgan fingerprint density at radius 2 is 2.30 bits per heavy atom. The maximum Gasteiger partial charge on any atom is 0.193 e. The molecule has 3 rings (SSSR count). The summed E-state index contributed by atoms with van der Waals surface area (Å²) < 4.78 is 2.06. The number of nitrogens with one attached hydrogen (secondary N) is 1. The largest absolute Gasteiger partial charge is 0.313 e. The highest BCUT2D eigenvalue weighted by molar-refractivity contribution is 7.15. The van der Waals surface area contributed by atoms with Crippen molar-refractivity contribution >= 4 is 27.9 Å². The average Bonchev–Trinajstić information content (AvgIpc) is 3.00. The van der Waals surface area contributed by atoms with E-state index in [1.165, 1.54) is 5.56 Å². The van der Waals surface area contributed by atoms with E-state index < -0.39 is 0 Å². The topological polar surface area (TPSA) is 29.3 Å². The number of likely N-dealkylation sites (N-methyl/N-ethyl adjacent to an activating group) is 1. The summed E-state index contributed by atoms with van der Waals surface area (Å²) >= 11 is 7.87. The van der Waals surface area contributed by atoms with Crippen molar-refractivity contribution in [2.24, 2.45) is 0 Å². The lowest BCUT2D eigenvalue weighted by Crippen LogP contribution is -2.19. The molecule has 0 bridgehead atoms. The second-order valence-corrected chi connectivity index (χ2v) is 6.16. The first kappa shape index (κ1) is 13.6. The molecule has 5 heteroatoms. The number of fused-ring (bicyclic) bond motifs is 1. The SMILES string of the molecule is CNC(Cc1cn2ccsc2n1)c1ccc(C)c(Cl)c1. The van der Waals surface area contributed by atoms with E-state index in [0.717, 1.165) is 27.7 Å². The fourth-order valence-corrected chi connectivity index (χ4v) is 3.20. The molecular formula is C15H16ClN3S. The monoisotopic (exact) mass is 305 g/mol. The molecular weight excluding hydrogens is 290 g/mol. The molecule has 0 spiro atoms. The van der Waals surface area contributed by atoms with Gasteiger partial charge in [-0.05, 0) is 31.2 Å². The van der Waals surface area contributed by atoms with Crippen LogP contribution in [0.1, 0.15) is 22.9 Å². The van der Waals surface area contributed by atoms with Crippen LogP contribution in [0.15, 0.2) is 36.0 Å². The first-order valence-corrected chi connectivity index (χ1v) is 7.77. The Hall–Kier alpha value is -1.36. The van der Waals surface area contributed by atoms with Crippen molar-refractivity contribution in [3.05, 3.63) is 57.8 Å². The molecule has 3 aromatic rings. The third-order valence-electron chi connectivity index (χ3n) is 3.50. The molecule has 0 aliphatic heterocycles. The van der Waals surface area contributed by atoms with Crippen LogP contribution >= 0.6 is 22.9 Å². The Morgan fingerprint density at radius 3 is 3.00 bits per heavy atom. The van der Waals surface area contributed by atoms with Crippen LogP contribution in [0.5, 0.6) is 0 Å². The number of hydrogen-bond acceptors (Lipinski definition) is 3. The van der Waals surface area contributed by atoms with Crippen LogP contribution in [0.4, 0.5) is 0 Å². The van der Waals surface area contributed by atoms with Crippen molar-refractivity contribution in [1.82, 2.24) is 14.7 Å². The van der Waals surface area contributed by atoms with Crippen LogP contribution < -0.4 is 5.32 Å². The van der Waals surface area contributed by atoms with E-state index in [4.69, 9.17) is 11.6 Å². The average molecular weight is 306 g/mol. The van der Waals surface area contributed by atoms with Gasteiger partial charge < -0.3 is 5.32 Å². The molecule has 1 N–H and O–H groups in total. The van der Waals surface area contributed by atoms with E-state index in [9.17, 15) is 0 Å². The first-order chi connectivity index (χ1) is 9.67. The van der Waals surface area contributed by atoms with E-state index >= 15 is 0 Å². The number of rotatable bonds is 4. The van der Waals surface area contributed by atoms with Crippen LogP contribution in [0, 0.1) is 6.92 Å². The summed E-state index contributed by atoms with van der Waals surface area (Å²) in [7, 11) is 1.97. The van der Waals surface area contributed by atoms with Crippen molar-refractivity contribution in [3.63, 3.8) is 0 Å². The lowest BCUT2D eigenvalue weighted by molar-refractivity contribution is 0.586. The van der Waals surface area contributed by atoms with Crippen LogP contribution in [-0.4, -0.2) is 16.4 Å². The van der Waals surface area contributed by atoms with Gasteiger partial charge in [-0.3, -0.25) is 4.40 Å². The minimum atomic E-state index is 0.220. The Kier molecular flexibility index (Phi) is 3.78. The van der Waals surface area contributed by atoms with Gasteiger partial charge in [0.25, 0.3) is 0 Å². The van der Waals surface area contributed by atoms with E-state index in [0.29, 0.717) is 0 Å². The number of aromatic nitrogens is 2. The van der Waals surface area contributed by atoms with Crippen molar-refractivity contribution < 1.29 is 0 Å². The highest BCUT2D eigenvalue weighted by Crippen LogP contribution is 2.24. The van der Waals surface area contributed by atoms with Gasteiger partial charge in [0.05, 0.1) is 5.69 Å². The van der Waals surface area contributed by atoms with E-state index in [2.05, 4.69) is 33.0 Å². The molecule has 2 aromatic heterocycles. The van der Waals surface area contributed by atoms with Crippen LogP contribution in [0.3, 0.4) is 0 Å². The normalized spacial score (nSPS) is 12.9. The van der Waals surface area contributed by atoms with Gasteiger partial charge in [-0.2, -0.15) is 0 Å². The molecule has 104 valence electrons. The van der Waals surface area contributed by atoms with Gasteiger partial charge >= 0.3 is 0 Å². The van der Waals surface area contributed by atoms with Gasteiger partial charge in [-0.15, -0.1) is 11.3 Å². The second-order valence-electron chi connectivity index (χ2n) is 4.88. The van der Waals surface area contributed by atoms with E-state index in [1.807, 2.05) is 31.6 Å². The first-order valence-electron chi connectivity index (χ1n) is 6.52. The smallest absolute Gasteiger partial charge is 0.193 e. The van der Waals surface area contributed by atoms with Gasteiger partial charge in [0.2, 0.25) is 0 Å². The predicted octanol–water partition coefficient (Wildman–Crippen LogP) is 3.86. The highest BCUT2D eigenvalue weighted by Gasteiger charge is 2.13. The molecule has 1 unspecified atom stereocenters. The van der Waals surface area contributed by atoms with Gasteiger partial charge in [0.1, 0.15) is 0 Å². The summed E-state index contributed by atoms with van der Waals surface area (Å²) in [6, 6.07) is 6.45. The molecule has 0 saturated heterocycles.